The topological polar surface area (TPSA) is 18.5 Å². The third-order valence-electron chi connectivity index (χ3n) is 5.34. The van der Waals surface area contributed by atoms with E-state index in [0.717, 1.165) is 39.1 Å². The Morgan fingerprint density at radius 1 is 0.667 bits per heavy atom. The Kier molecular flexibility index (Phi) is 7.49. The van der Waals surface area contributed by atoms with Crippen LogP contribution >= 0.6 is 34.8 Å². The minimum atomic E-state index is 0.409. The van der Waals surface area contributed by atoms with E-state index in [2.05, 4.69) is 0 Å². The number of benzene rings is 4. The number of rotatable bonds is 7. The molecule has 2 nitrogen and oxygen atoms in total. The smallest absolute Gasteiger partial charge is 0.128 e. The van der Waals surface area contributed by atoms with E-state index >= 15 is 0 Å². The van der Waals surface area contributed by atoms with Gasteiger partial charge in [0.15, 0.2) is 0 Å². The maximum absolute atomic E-state index is 6.81. The predicted molar refractivity (Wildman–Crippen MR) is 139 cm³/mol. The van der Waals surface area contributed by atoms with Crippen LogP contribution in [0.1, 0.15) is 18.1 Å². The summed E-state index contributed by atoms with van der Waals surface area (Å²) in [5.41, 5.74) is 5.53. The molecular formula is C28H23Cl3O2. The molecule has 33 heavy (non-hydrogen) atoms. The molecule has 4 aromatic rings. The molecule has 4 rings (SSSR count). The van der Waals surface area contributed by atoms with Crippen LogP contribution in [0.25, 0.3) is 22.3 Å². The highest BCUT2D eigenvalue weighted by molar-refractivity contribution is 6.35. The van der Waals surface area contributed by atoms with Crippen LogP contribution in [0.3, 0.4) is 0 Å². The Morgan fingerprint density at radius 2 is 1.42 bits per heavy atom. The molecule has 0 heterocycles. The van der Waals surface area contributed by atoms with E-state index < -0.39 is 0 Å². The molecule has 4 aromatic carbocycles. The van der Waals surface area contributed by atoms with Gasteiger partial charge in [-0.05, 0) is 73.0 Å². The van der Waals surface area contributed by atoms with Crippen molar-refractivity contribution >= 4 is 34.8 Å². The molecule has 0 bridgehead atoms. The third kappa shape index (κ3) is 5.47. The monoisotopic (exact) mass is 496 g/mol. The SMILES string of the molecule is CCOc1ccc(Cl)c(-c2cc(Cl)c(-c3cc(Cl)ccc3C)cc2OCc2ccccc2)c1. The number of halogens is 3. The molecule has 0 aliphatic carbocycles. The van der Waals surface area contributed by atoms with E-state index in [1.807, 2.05) is 92.7 Å². The van der Waals surface area contributed by atoms with Gasteiger partial charge in [-0.3, -0.25) is 0 Å². The summed E-state index contributed by atoms with van der Waals surface area (Å²) in [4.78, 5) is 0. The van der Waals surface area contributed by atoms with E-state index in [1.54, 1.807) is 0 Å². The van der Waals surface area contributed by atoms with E-state index in [1.165, 1.54) is 0 Å². The van der Waals surface area contributed by atoms with Crippen molar-refractivity contribution in [1.29, 1.82) is 0 Å². The van der Waals surface area contributed by atoms with E-state index in [9.17, 15) is 0 Å². The van der Waals surface area contributed by atoms with Crippen molar-refractivity contribution in [2.24, 2.45) is 0 Å². The first-order valence-corrected chi connectivity index (χ1v) is 11.8. The molecule has 0 aliphatic rings. The lowest BCUT2D eigenvalue weighted by molar-refractivity contribution is 0.307. The summed E-state index contributed by atoms with van der Waals surface area (Å²) in [5.74, 6) is 1.41. The Morgan fingerprint density at radius 3 is 2.18 bits per heavy atom. The van der Waals surface area contributed by atoms with Crippen LogP contribution in [0.2, 0.25) is 15.1 Å². The van der Waals surface area contributed by atoms with Crippen LogP contribution in [0.5, 0.6) is 11.5 Å². The van der Waals surface area contributed by atoms with Crippen LogP contribution in [-0.4, -0.2) is 6.61 Å². The number of ether oxygens (including phenoxy) is 2. The molecule has 5 heteroatoms. The fraction of sp³-hybridized carbons (Fsp3) is 0.143. The van der Waals surface area contributed by atoms with E-state index in [4.69, 9.17) is 44.3 Å². The van der Waals surface area contributed by atoms with Crippen molar-refractivity contribution in [3.8, 4) is 33.8 Å². The fourth-order valence-corrected chi connectivity index (χ4v) is 4.33. The zero-order chi connectivity index (χ0) is 23.4. The summed E-state index contributed by atoms with van der Waals surface area (Å²) in [6.07, 6.45) is 0. The number of hydrogen-bond acceptors (Lipinski definition) is 2. The quantitative estimate of drug-likeness (QED) is 0.253. The highest BCUT2D eigenvalue weighted by Crippen LogP contribution is 2.44. The van der Waals surface area contributed by atoms with Gasteiger partial charge in [0.25, 0.3) is 0 Å². The van der Waals surface area contributed by atoms with Gasteiger partial charge in [-0.15, -0.1) is 0 Å². The van der Waals surface area contributed by atoms with Crippen LogP contribution in [0, 0.1) is 6.92 Å². The molecule has 0 fully saturated rings. The van der Waals surface area contributed by atoms with Gasteiger partial charge in [0.2, 0.25) is 0 Å². The zero-order valence-electron chi connectivity index (χ0n) is 18.4. The predicted octanol–water partition coefficient (Wildman–Crippen LogP) is 9.27. The number of hydrogen-bond donors (Lipinski definition) is 0. The van der Waals surface area contributed by atoms with Gasteiger partial charge in [-0.2, -0.15) is 0 Å². The highest BCUT2D eigenvalue weighted by Gasteiger charge is 2.17. The molecule has 0 spiro atoms. The minimum Gasteiger partial charge on any atom is -0.494 e. The van der Waals surface area contributed by atoms with Gasteiger partial charge in [0, 0.05) is 31.8 Å². The van der Waals surface area contributed by atoms with Crippen LogP contribution in [0.4, 0.5) is 0 Å². The Balaban J connectivity index is 1.86. The summed E-state index contributed by atoms with van der Waals surface area (Å²) in [6, 6.07) is 25.2. The lowest BCUT2D eigenvalue weighted by Gasteiger charge is -2.18. The average molecular weight is 498 g/mol. The molecule has 0 radical (unpaired) electrons. The maximum Gasteiger partial charge on any atom is 0.128 e. The van der Waals surface area contributed by atoms with Gasteiger partial charge >= 0.3 is 0 Å². The lowest BCUT2D eigenvalue weighted by atomic mass is 9.96. The van der Waals surface area contributed by atoms with Crippen LogP contribution in [-0.2, 0) is 6.61 Å². The first-order chi connectivity index (χ1) is 16.0. The van der Waals surface area contributed by atoms with Gasteiger partial charge in [-0.25, -0.2) is 0 Å². The molecule has 0 unspecified atom stereocenters. The highest BCUT2D eigenvalue weighted by atomic mass is 35.5. The molecule has 0 aliphatic heterocycles. The van der Waals surface area contributed by atoms with Gasteiger partial charge in [0.1, 0.15) is 18.1 Å². The molecule has 0 atom stereocenters. The molecule has 0 amide bonds. The second kappa shape index (κ2) is 10.5. The fourth-order valence-electron chi connectivity index (χ4n) is 3.68. The molecule has 0 saturated carbocycles. The molecule has 0 N–H and O–H groups in total. The Bertz CT molecular complexity index is 1270. The van der Waals surface area contributed by atoms with E-state index in [-0.39, 0.29) is 0 Å². The van der Waals surface area contributed by atoms with Gasteiger partial charge in [-0.1, -0.05) is 71.2 Å². The summed E-state index contributed by atoms with van der Waals surface area (Å²) >= 11 is 19.7. The average Bonchev–Trinajstić information content (AvgIpc) is 2.82. The Labute approximate surface area is 209 Å². The zero-order valence-corrected chi connectivity index (χ0v) is 20.6. The second-order valence-corrected chi connectivity index (χ2v) is 8.89. The van der Waals surface area contributed by atoms with Crippen molar-refractivity contribution in [2.45, 2.75) is 20.5 Å². The summed E-state index contributed by atoms with van der Waals surface area (Å²) in [7, 11) is 0. The first-order valence-electron chi connectivity index (χ1n) is 10.7. The van der Waals surface area contributed by atoms with Crippen molar-refractivity contribution in [3.63, 3.8) is 0 Å². The van der Waals surface area contributed by atoms with Gasteiger partial charge in [0.05, 0.1) is 6.61 Å². The Hall–Kier alpha value is -2.65. The van der Waals surface area contributed by atoms with Crippen molar-refractivity contribution in [1.82, 2.24) is 0 Å². The van der Waals surface area contributed by atoms with Crippen LogP contribution in [0.15, 0.2) is 78.9 Å². The van der Waals surface area contributed by atoms with Crippen LogP contribution < -0.4 is 9.47 Å². The van der Waals surface area contributed by atoms with Gasteiger partial charge < -0.3 is 9.47 Å². The normalized spacial score (nSPS) is 10.8. The first kappa shape index (κ1) is 23.5. The summed E-state index contributed by atoms with van der Waals surface area (Å²) in [6.45, 7) is 4.95. The molecular weight excluding hydrogens is 475 g/mol. The summed E-state index contributed by atoms with van der Waals surface area (Å²) < 4.78 is 12.0. The molecule has 0 saturated heterocycles. The standard InChI is InChI=1S/C28H23Cl3O2/c1-3-32-21-11-12-26(30)23(14-21)25-15-27(31)24(22-13-20(29)10-9-18(22)2)16-28(25)33-17-19-7-5-4-6-8-19/h4-16H,3,17H2,1-2H3. The third-order valence-corrected chi connectivity index (χ3v) is 6.21. The largest absolute Gasteiger partial charge is 0.494 e. The van der Waals surface area contributed by atoms with Crippen molar-refractivity contribution in [3.05, 3.63) is 105 Å². The van der Waals surface area contributed by atoms with Crippen molar-refractivity contribution < 1.29 is 9.47 Å². The minimum absolute atomic E-state index is 0.409. The maximum atomic E-state index is 6.81. The lowest BCUT2D eigenvalue weighted by Crippen LogP contribution is -1.99. The second-order valence-electron chi connectivity index (χ2n) is 7.64. The van der Waals surface area contributed by atoms with Crippen molar-refractivity contribution in [2.75, 3.05) is 6.61 Å². The molecule has 0 aromatic heterocycles. The van der Waals surface area contributed by atoms with E-state index in [0.29, 0.717) is 34.0 Å². The number of aryl methyl sites for hydroxylation is 1. The molecule has 168 valence electrons. The summed E-state index contributed by atoms with van der Waals surface area (Å²) in [5, 5.41) is 1.82.